The molecule has 0 heterocycles. The van der Waals surface area contributed by atoms with E-state index in [0.717, 1.165) is 12.8 Å². The molecule has 0 N–H and O–H groups in total. The van der Waals surface area contributed by atoms with Crippen LogP contribution in [0.4, 0.5) is 0 Å². The summed E-state index contributed by atoms with van der Waals surface area (Å²) < 4.78 is 23.2. The molecular formula is C12H23NO3S. The molecule has 0 aromatic carbocycles. The first kappa shape index (κ1) is 14.6. The highest BCUT2D eigenvalue weighted by Gasteiger charge is 2.23. The maximum atomic E-state index is 11.6. The summed E-state index contributed by atoms with van der Waals surface area (Å²) in [5.74, 6) is 0.861. The van der Waals surface area contributed by atoms with Crippen molar-refractivity contribution in [3.05, 3.63) is 0 Å². The van der Waals surface area contributed by atoms with Crippen LogP contribution < -0.4 is 0 Å². The average molecular weight is 261 g/mol. The van der Waals surface area contributed by atoms with E-state index in [-0.39, 0.29) is 11.5 Å². The molecule has 0 aliphatic heterocycles. The van der Waals surface area contributed by atoms with Gasteiger partial charge in [0.05, 0.1) is 5.75 Å². The summed E-state index contributed by atoms with van der Waals surface area (Å²) >= 11 is 0. The first-order valence-corrected chi connectivity index (χ1v) is 8.19. The molecule has 0 unspecified atom stereocenters. The molecule has 17 heavy (non-hydrogen) atoms. The maximum Gasteiger partial charge on any atom is 0.151 e. The van der Waals surface area contributed by atoms with Gasteiger partial charge >= 0.3 is 0 Å². The monoisotopic (exact) mass is 261 g/mol. The number of hydrogen-bond acceptors (Lipinski definition) is 4. The third-order valence-corrected chi connectivity index (χ3v) is 5.24. The lowest BCUT2D eigenvalue weighted by molar-refractivity contribution is -0.121. The summed E-state index contributed by atoms with van der Waals surface area (Å²) in [5, 5.41) is 0. The van der Waals surface area contributed by atoms with Gasteiger partial charge in [0.1, 0.15) is 5.78 Å². The van der Waals surface area contributed by atoms with E-state index in [4.69, 9.17) is 0 Å². The molecule has 0 saturated heterocycles. The average Bonchev–Trinajstić information content (AvgIpc) is 2.27. The Morgan fingerprint density at radius 3 is 2.35 bits per heavy atom. The van der Waals surface area contributed by atoms with E-state index < -0.39 is 9.84 Å². The lowest BCUT2D eigenvalue weighted by Gasteiger charge is -2.30. The largest absolute Gasteiger partial charge is 0.302 e. The van der Waals surface area contributed by atoms with Crippen LogP contribution in [0.3, 0.4) is 0 Å². The molecule has 100 valence electrons. The molecular weight excluding hydrogens is 238 g/mol. The van der Waals surface area contributed by atoms with E-state index in [9.17, 15) is 13.2 Å². The van der Waals surface area contributed by atoms with Crippen molar-refractivity contribution in [2.24, 2.45) is 0 Å². The van der Waals surface area contributed by atoms with Crippen LogP contribution in [-0.2, 0) is 14.6 Å². The van der Waals surface area contributed by atoms with Gasteiger partial charge in [0, 0.05) is 31.2 Å². The molecule has 1 saturated carbocycles. The predicted molar refractivity (Wildman–Crippen MR) is 68.8 cm³/mol. The first-order valence-electron chi connectivity index (χ1n) is 6.37. The fourth-order valence-corrected chi connectivity index (χ4v) is 3.64. The Labute approximate surface area is 104 Å². The van der Waals surface area contributed by atoms with Gasteiger partial charge in [-0.15, -0.1) is 0 Å². The fraction of sp³-hybridized carbons (Fsp3) is 0.917. The second-order valence-corrected chi connectivity index (χ2v) is 7.21. The molecule has 1 rings (SSSR count). The number of carbonyl (C=O) groups is 1. The van der Waals surface area contributed by atoms with E-state index in [0.29, 0.717) is 37.6 Å². The zero-order chi connectivity index (χ0) is 12.9. The quantitative estimate of drug-likeness (QED) is 0.722. The van der Waals surface area contributed by atoms with Crippen LogP contribution in [0.15, 0.2) is 0 Å². The summed E-state index contributed by atoms with van der Waals surface area (Å²) in [6, 6.07) is 0.379. The van der Waals surface area contributed by atoms with Crippen molar-refractivity contribution in [1.82, 2.24) is 4.90 Å². The van der Waals surface area contributed by atoms with Gasteiger partial charge in [-0.25, -0.2) is 8.42 Å². The summed E-state index contributed by atoms with van der Waals surface area (Å²) in [5.41, 5.74) is 0. The molecule has 1 aliphatic rings. The topological polar surface area (TPSA) is 54.5 Å². The highest BCUT2D eigenvalue weighted by molar-refractivity contribution is 7.91. The van der Waals surface area contributed by atoms with Gasteiger partial charge in [-0.05, 0) is 26.3 Å². The molecule has 1 aliphatic carbocycles. The second-order valence-electron chi connectivity index (χ2n) is 4.90. The van der Waals surface area contributed by atoms with Crippen LogP contribution >= 0.6 is 0 Å². The smallest absolute Gasteiger partial charge is 0.151 e. The molecule has 0 amide bonds. The van der Waals surface area contributed by atoms with Crippen LogP contribution in [0.5, 0.6) is 0 Å². The van der Waals surface area contributed by atoms with Crippen molar-refractivity contribution < 1.29 is 13.2 Å². The van der Waals surface area contributed by atoms with Gasteiger partial charge < -0.3 is 4.90 Å². The molecule has 4 nitrogen and oxygen atoms in total. The van der Waals surface area contributed by atoms with E-state index >= 15 is 0 Å². The highest BCUT2D eigenvalue weighted by atomic mass is 32.2. The Kier molecular flexibility index (Phi) is 5.59. The molecule has 0 aromatic heterocycles. The van der Waals surface area contributed by atoms with Crippen LogP contribution in [-0.4, -0.2) is 50.2 Å². The first-order chi connectivity index (χ1) is 7.94. The van der Waals surface area contributed by atoms with E-state index in [2.05, 4.69) is 4.90 Å². The zero-order valence-corrected chi connectivity index (χ0v) is 11.6. The van der Waals surface area contributed by atoms with Crippen molar-refractivity contribution in [2.75, 3.05) is 25.1 Å². The van der Waals surface area contributed by atoms with Gasteiger partial charge in [0.2, 0.25) is 0 Å². The summed E-state index contributed by atoms with van der Waals surface area (Å²) in [7, 11) is -0.925. The minimum atomic E-state index is -2.88. The molecule has 5 heteroatoms. The van der Waals surface area contributed by atoms with Crippen LogP contribution in [0.25, 0.3) is 0 Å². The van der Waals surface area contributed by atoms with Crippen molar-refractivity contribution in [3.63, 3.8) is 0 Å². The van der Waals surface area contributed by atoms with Crippen molar-refractivity contribution in [2.45, 2.75) is 45.1 Å². The van der Waals surface area contributed by atoms with Gasteiger partial charge in [0.15, 0.2) is 9.84 Å². The Hall–Kier alpha value is -0.420. The summed E-state index contributed by atoms with van der Waals surface area (Å²) in [6.07, 6.45) is 3.74. The molecule has 0 bridgehead atoms. The molecule has 1 fully saturated rings. The Morgan fingerprint density at radius 1 is 1.24 bits per heavy atom. The summed E-state index contributed by atoms with van der Waals surface area (Å²) in [6.45, 7) is 2.47. The van der Waals surface area contributed by atoms with Crippen molar-refractivity contribution >= 4 is 15.6 Å². The number of sulfone groups is 1. The van der Waals surface area contributed by atoms with Gasteiger partial charge in [-0.2, -0.15) is 0 Å². The minimum absolute atomic E-state index is 0.238. The van der Waals surface area contributed by atoms with Crippen molar-refractivity contribution in [3.8, 4) is 0 Å². The standard InChI is InChI=1S/C12H23NO3S/c1-3-9-17(15,16)10-8-13(2)11-4-6-12(14)7-5-11/h11H,3-10H2,1-2H3. The molecule has 0 atom stereocenters. The number of ketones is 1. The number of carbonyl (C=O) groups excluding carboxylic acids is 1. The number of hydrogen-bond donors (Lipinski definition) is 0. The van der Waals surface area contributed by atoms with Gasteiger partial charge in [-0.3, -0.25) is 4.79 Å². The van der Waals surface area contributed by atoms with Crippen LogP contribution in [0.1, 0.15) is 39.0 Å². The third kappa shape index (κ3) is 5.17. The number of Topliss-reactive ketones (excluding diaryl/α,β-unsaturated/α-hetero) is 1. The van der Waals surface area contributed by atoms with E-state index in [1.54, 1.807) is 0 Å². The van der Waals surface area contributed by atoms with E-state index in [1.165, 1.54) is 0 Å². The van der Waals surface area contributed by atoms with Gasteiger partial charge in [0.25, 0.3) is 0 Å². The summed E-state index contributed by atoms with van der Waals surface area (Å²) in [4.78, 5) is 13.2. The lowest BCUT2D eigenvalue weighted by Crippen LogP contribution is -2.38. The number of nitrogens with zero attached hydrogens (tertiary/aromatic N) is 1. The van der Waals surface area contributed by atoms with Crippen LogP contribution in [0, 0.1) is 0 Å². The Bertz CT molecular complexity index is 341. The SMILES string of the molecule is CCCS(=O)(=O)CCN(C)C1CCC(=O)CC1. The minimum Gasteiger partial charge on any atom is -0.302 e. The highest BCUT2D eigenvalue weighted by Crippen LogP contribution is 2.19. The van der Waals surface area contributed by atoms with Crippen molar-refractivity contribution in [1.29, 1.82) is 0 Å². The van der Waals surface area contributed by atoms with E-state index in [1.807, 2.05) is 14.0 Å². The van der Waals surface area contributed by atoms with Gasteiger partial charge in [-0.1, -0.05) is 6.92 Å². The Morgan fingerprint density at radius 2 is 1.82 bits per heavy atom. The lowest BCUT2D eigenvalue weighted by atomic mass is 9.93. The second kappa shape index (κ2) is 6.50. The third-order valence-electron chi connectivity index (χ3n) is 3.41. The predicted octanol–water partition coefficient (Wildman–Crippen LogP) is 1.25. The fourth-order valence-electron chi connectivity index (χ4n) is 2.24. The number of rotatable bonds is 6. The maximum absolute atomic E-state index is 11.6. The molecule has 0 radical (unpaired) electrons. The normalized spacial score (nSPS) is 18.9. The zero-order valence-electron chi connectivity index (χ0n) is 10.8. The Balaban J connectivity index is 2.34. The van der Waals surface area contributed by atoms with Crippen LogP contribution in [0.2, 0.25) is 0 Å². The molecule has 0 aromatic rings. The molecule has 0 spiro atoms.